The van der Waals surface area contributed by atoms with Crippen LogP contribution >= 0.6 is 0 Å². The van der Waals surface area contributed by atoms with Crippen LogP contribution in [0, 0.1) is 6.92 Å². The summed E-state index contributed by atoms with van der Waals surface area (Å²) in [6, 6.07) is 6.20. The average Bonchev–Trinajstić information content (AvgIpc) is 3.25. The van der Waals surface area contributed by atoms with Crippen molar-refractivity contribution in [3.63, 3.8) is 0 Å². The number of nitrogens with two attached hydrogens (primary N) is 1. The number of rotatable bonds is 3. The molecule has 0 bridgehead atoms. The quantitative estimate of drug-likeness (QED) is 0.515. The number of nitrogens with zero attached hydrogens (tertiary/aromatic N) is 6. The number of fused-ring (bicyclic) bond motifs is 3. The van der Waals surface area contributed by atoms with Crippen LogP contribution in [0.15, 0.2) is 36.9 Å². The maximum Gasteiger partial charge on any atom is 0.317 e. The van der Waals surface area contributed by atoms with Crippen LogP contribution in [0.25, 0.3) is 33.3 Å². The number of nitrogen functional groups attached to an aromatic ring is 1. The van der Waals surface area contributed by atoms with Crippen LogP contribution in [0.2, 0.25) is 0 Å². The molecule has 0 spiro atoms. The topological polar surface area (TPSA) is 115 Å². The lowest BCUT2D eigenvalue weighted by atomic mass is 10.0. The standard InChI is InChI=1S/C23H26N8O/c1-3-25-23(32)30-8-6-16(7-9-30)31-13-28-19-12-26-18-5-4-17(29-20(18)21(19)31)15-10-14(2)22(24)27-11-15/h4-5,10-13,16H,3,6-9H2,1-2H3,(H2,24,27)(H,25,32). The van der Waals surface area contributed by atoms with Crippen LogP contribution < -0.4 is 11.1 Å². The van der Waals surface area contributed by atoms with Crippen molar-refractivity contribution in [2.24, 2.45) is 0 Å². The molecule has 0 aromatic carbocycles. The number of aromatic nitrogens is 5. The second-order valence-electron chi connectivity index (χ2n) is 8.19. The molecule has 4 aromatic heterocycles. The van der Waals surface area contributed by atoms with Gasteiger partial charge < -0.3 is 20.5 Å². The number of aryl methyl sites for hydroxylation is 1. The third-order valence-electron chi connectivity index (χ3n) is 6.13. The molecule has 1 fully saturated rings. The number of carbonyl (C=O) groups excluding carboxylic acids is 1. The van der Waals surface area contributed by atoms with E-state index in [0.717, 1.165) is 51.7 Å². The van der Waals surface area contributed by atoms with E-state index in [0.29, 0.717) is 25.5 Å². The lowest BCUT2D eigenvalue weighted by Crippen LogP contribution is -2.44. The van der Waals surface area contributed by atoms with Gasteiger partial charge in [0, 0.05) is 37.4 Å². The molecule has 1 saturated heterocycles. The Morgan fingerprint density at radius 3 is 2.72 bits per heavy atom. The zero-order chi connectivity index (χ0) is 22.2. The van der Waals surface area contributed by atoms with E-state index in [1.807, 2.05) is 43.3 Å². The van der Waals surface area contributed by atoms with Gasteiger partial charge in [-0.2, -0.15) is 0 Å². The minimum Gasteiger partial charge on any atom is -0.383 e. The Hall–Kier alpha value is -3.75. The number of piperidine rings is 1. The molecule has 5 heterocycles. The van der Waals surface area contributed by atoms with Crippen LogP contribution in [-0.2, 0) is 0 Å². The Balaban J connectivity index is 1.53. The van der Waals surface area contributed by atoms with Gasteiger partial charge in [0.05, 0.1) is 29.3 Å². The lowest BCUT2D eigenvalue weighted by molar-refractivity contribution is 0.173. The number of amides is 2. The van der Waals surface area contributed by atoms with E-state index in [1.165, 1.54) is 0 Å². The first kappa shape index (κ1) is 20.2. The fraction of sp³-hybridized carbons (Fsp3) is 0.348. The molecule has 1 aliphatic heterocycles. The summed E-state index contributed by atoms with van der Waals surface area (Å²) < 4.78 is 2.21. The first-order valence-corrected chi connectivity index (χ1v) is 10.9. The number of hydrogen-bond donors (Lipinski definition) is 2. The molecule has 0 aliphatic carbocycles. The number of hydrogen-bond acceptors (Lipinski definition) is 6. The summed E-state index contributed by atoms with van der Waals surface area (Å²) in [6.45, 7) is 5.95. The molecule has 32 heavy (non-hydrogen) atoms. The predicted molar refractivity (Wildman–Crippen MR) is 124 cm³/mol. The summed E-state index contributed by atoms with van der Waals surface area (Å²) in [5, 5.41) is 2.88. The van der Waals surface area contributed by atoms with Crippen molar-refractivity contribution in [2.45, 2.75) is 32.7 Å². The summed E-state index contributed by atoms with van der Waals surface area (Å²) in [5.41, 5.74) is 12.0. The highest BCUT2D eigenvalue weighted by Gasteiger charge is 2.25. The molecular weight excluding hydrogens is 404 g/mol. The van der Waals surface area contributed by atoms with Crippen molar-refractivity contribution in [1.82, 2.24) is 34.7 Å². The van der Waals surface area contributed by atoms with Crippen LogP contribution in [0.1, 0.15) is 31.4 Å². The zero-order valence-electron chi connectivity index (χ0n) is 18.2. The molecule has 0 unspecified atom stereocenters. The molecule has 3 N–H and O–H groups in total. The second kappa shape index (κ2) is 8.07. The Morgan fingerprint density at radius 2 is 1.97 bits per heavy atom. The first-order chi connectivity index (χ1) is 15.5. The normalized spacial score (nSPS) is 14.9. The van der Waals surface area contributed by atoms with Gasteiger partial charge in [0.25, 0.3) is 0 Å². The summed E-state index contributed by atoms with van der Waals surface area (Å²) in [6.07, 6.45) is 7.16. The predicted octanol–water partition coefficient (Wildman–Crippen LogP) is 3.30. The van der Waals surface area contributed by atoms with Gasteiger partial charge in [-0.3, -0.25) is 4.98 Å². The van der Waals surface area contributed by atoms with Gasteiger partial charge in [0.2, 0.25) is 0 Å². The fourth-order valence-corrected chi connectivity index (χ4v) is 4.35. The molecule has 4 aromatic rings. The summed E-state index contributed by atoms with van der Waals surface area (Å²) in [7, 11) is 0. The third kappa shape index (κ3) is 3.49. The molecule has 1 aliphatic rings. The van der Waals surface area contributed by atoms with Crippen molar-refractivity contribution < 1.29 is 4.79 Å². The smallest absolute Gasteiger partial charge is 0.317 e. The van der Waals surface area contributed by atoms with E-state index in [4.69, 9.17) is 10.7 Å². The van der Waals surface area contributed by atoms with Crippen molar-refractivity contribution in [2.75, 3.05) is 25.4 Å². The van der Waals surface area contributed by atoms with Crippen molar-refractivity contribution in [3.05, 3.63) is 42.5 Å². The highest BCUT2D eigenvalue weighted by Crippen LogP contribution is 2.31. The van der Waals surface area contributed by atoms with Crippen molar-refractivity contribution >= 4 is 33.9 Å². The minimum atomic E-state index is 0.00907. The Labute approximate surface area is 185 Å². The van der Waals surface area contributed by atoms with Crippen LogP contribution in [0.5, 0.6) is 0 Å². The Kier molecular flexibility index (Phi) is 5.08. The zero-order valence-corrected chi connectivity index (χ0v) is 18.2. The third-order valence-corrected chi connectivity index (χ3v) is 6.13. The number of likely N-dealkylation sites (tertiary alicyclic amines) is 1. The van der Waals surface area contributed by atoms with E-state index >= 15 is 0 Å². The summed E-state index contributed by atoms with van der Waals surface area (Å²) in [4.78, 5) is 32.4. The molecule has 9 heteroatoms. The number of carbonyl (C=O) groups is 1. The molecule has 0 atom stereocenters. The number of imidazole rings is 1. The molecule has 9 nitrogen and oxygen atoms in total. The molecular formula is C23H26N8O. The highest BCUT2D eigenvalue weighted by atomic mass is 16.2. The maximum atomic E-state index is 12.2. The van der Waals surface area contributed by atoms with E-state index in [-0.39, 0.29) is 12.1 Å². The van der Waals surface area contributed by atoms with Gasteiger partial charge >= 0.3 is 6.03 Å². The monoisotopic (exact) mass is 430 g/mol. The van der Waals surface area contributed by atoms with E-state index in [9.17, 15) is 4.79 Å². The Morgan fingerprint density at radius 1 is 1.16 bits per heavy atom. The maximum absolute atomic E-state index is 12.2. The van der Waals surface area contributed by atoms with Crippen molar-refractivity contribution in [1.29, 1.82) is 0 Å². The van der Waals surface area contributed by atoms with Crippen LogP contribution in [0.4, 0.5) is 10.6 Å². The number of pyridine rings is 3. The molecule has 164 valence electrons. The first-order valence-electron chi connectivity index (χ1n) is 10.9. The number of urea groups is 1. The summed E-state index contributed by atoms with van der Waals surface area (Å²) in [5.74, 6) is 0.524. The van der Waals surface area contributed by atoms with Gasteiger partial charge in [0.1, 0.15) is 16.9 Å². The number of anilines is 1. The highest BCUT2D eigenvalue weighted by molar-refractivity contribution is 6.00. The SMILES string of the molecule is CCNC(=O)N1CCC(n2cnc3cnc4ccc(-c5cnc(N)c(C)c5)nc4c32)CC1. The van der Waals surface area contributed by atoms with E-state index < -0.39 is 0 Å². The largest absolute Gasteiger partial charge is 0.383 e. The van der Waals surface area contributed by atoms with E-state index in [1.54, 1.807) is 12.4 Å². The van der Waals surface area contributed by atoms with Crippen molar-refractivity contribution in [3.8, 4) is 11.3 Å². The lowest BCUT2D eigenvalue weighted by Gasteiger charge is -2.32. The van der Waals surface area contributed by atoms with E-state index in [2.05, 4.69) is 24.8 Å². The fourth-order valence-electron chi connectivity index (χ4n) is 4.35. The van der Waals surface area contributed by atoms with Gasteiger partial charge in [-0.1, -0.05) is 0 Å². The number of nitrogens with one attached hydrogen (secondary N) is 1. The minimum absolute atomic E-state index is 0.00907. The molecule has 0 saturated carbocycles. The average molecular weight is 431 g/mol. The van der Waals surface area contributed by atoms with Gasteiger partial charge in [-0.05, 0) is 50.5 Å². The van der Waals surface area contributed by atoms with Gasteiger partial charge in [-0.25, -0.2) is 19.7 Å². The summed E-state index contributed by atoms with van der Waals surface area (Å²) >= 11 is 0. The second-order valence-corrected chi connectivity index (χ2v) is 8.19. The molecule has 0 radical (unpaired) electrons. The molecule has 5 rings (SSSR count). The van der Waals surface area contributed by atoms with Crippen LogP contribution in [0.3, 0.4) is 0 Å². The van der Waals surface area contributed by atoms with Crippen LogP contribution in [-0.4, -0.2) is 55.1 Å². The molecule has 2 amide bonds. The van der Waals surface area contributed by atoms with Gasteiger partial charge in [0.15, 0.2) is 0 Å². The van der Waals surface area contributed by atoms with Gasteiger partial charge in [-0.15, -0.1) is 0 Å². The Bertz CT molecular complexity index is 1310.